The molecule has 0 aromatic heterocycles. The summed E-state index contributed by atoms with van der Waals surface area (Å²) in [5, 5.41) is 0. The van der Waals surface area contributed by atoms with Gasteiger partial charge in [-0.1, -0.05) is 44.8 Å². The van der Waals surface area contributed by atoms with Crippen LogP contribution in [0.15, 0.2) is 23.3 Å². The molecule has 27 heavy (non-hydrogen) atoms. The molecule has 158 valence electrons. The highest BCUT2D eigenvalue weighted by Gasteiger charge is 2.33. The fourth-order valence-electron chi connectivity index (χ4n) is 3.83. The van der Waals surface area contributed by atoms with Gasteiger partial charge >= 0.3 is 0 Å². The first-order valence-electron chi connectivity index (χ1n) is 10.8. The van der Waals surface area contributed by atoms with Gasteiger partial charge in [0.25, 0.3) is 6.69 Å². The van der Waals surface area contributed by atoms with E-state index in [9.17, 15) is 0 Å². The van der Waals surface area contributed by atoms with E-state index in [0.29, 0.717) is 5.54 Å². The lowest BCUT2D eigenvalue weighted by molar-refractivity contribution is 0.690. The third kappa shape index (κ3) is 12.4. The largest absolute Gasteiger partial charge is 0.251 e. The summed E-state index contributed by atoms with van der Waals surface area (Å²) < 4.78 is 0. The Morgan fingerprint density at radius 3 is 2.15 bits per heavy atom. The van der Waals surface area contributed by atoms with E-state index in [4.69, 9.17) is 44.3 Å². The Bertz CT molecular complexity index is 476. The maximum absolute atomic E-state index is 6.41. The smallest absolute Gasteiger partial charge is 0.146 e. The average Bonchev–Trinajstić information content (AvgIpc) is 2.97. The molecule has 0 aliphatic heterocycles. The molecule has 1 atom stereocenters. The molecular formula is C21H38Cl4Si2. The molecule has 0 aromatic rings. The number of rotatable bonds is 6. The van der Waals surface area contributed by atoms with Crippen molar-refractivity contribution in [2.45, 2.75) is 109 Å². The molecule has 2 aliphatic rings. The molecule has 0 saturated carbocycles. The van der Waals surface area contributed by atoms with Gasteiger partial charge in [-0.2, -0.15) is 0 Å². The Morgan fingerprint density at radius 1 is 0.852 bits per heavy atom. The van der Waals surface area contributed by atoms with Crippen molar-refractivity contribution in [2.24, 2.45) is 0 Å². The summed E-state index contributed by atoms with van der Waals surface area (Å²) in [6.45, 7) is 2.50. The normalized spacial score (nSPS) is 22.0. The molecule has 0 aromatic carbocycles. The van der Waals surface area contributed by atoms with E-state index >= 15 is 0 Å². The molecule has 0 bridgehead atoms. The minimum atomic E-state index is -1.99. The van der Waals surface area contributed by atoms with Crippen molar-refractivity contribution < 1.29 is 0 Å². The van der Waals surface area contributed by atoms with Crippen LogP contribution in [0.25, 0.3) is 0 Å². The minimum absolute atomic E-state index is 0.570. The second-order valence-electron chi connectivity index (χ2n) is 8.35. The first-order chi connectivity index (χ1) is 12.6. The van der Waals surface area contributed by atoms with E-state index in [0.717, 1.165) is 6.04 Å². The monoisotopic (exact) mass is 486 g/mol. The Labute approximate surface area is 188 Å². The van der Waals surface area contributed by atoms with Crippen molar-refractivity contribution in [3.63, 3.8) is 0 Å². The van der Waals surface area contributed by atoms with Crippen LogP contribution in [-0.2, 0) is 0 Å². The minimum Gasteiger partial charge on any atom is -0.146 e. The number of allylic oxidation sites excluding steroid dienone is 4. The van der Waals surface area contributed by atoms with E-state index in [2.05, 4.69) is 25.6 Å². The van der Waals surface area contributed by atoms with E-state index in [1.807, 2.05) is 6.55 Å². The lowest BCUT2D eigenvalue weighted by atomic mass is 9.97. The Hall–Kier alpha value is 1.07. The van der Waals surface area contributed by atoms with Crippen molar-refractivity contribution in [3.8, 4) is 0 Å². The zero-order valence-electron chi connectivity index (χ0n) is 17.4. The molecule has 2 aliphatic carbocycles. The maximum Gasteiger partial charge on any atom is 0.251 e. The fraction of sp³-hybridized carbons (Fsp3) is 0.810. The van der Waals surface area contributed by atoms with Crippen LogP contribution in [0.1, 0.15) is 84.0 Å². The standard InChI is InChI=1S/C15H24Cl2Si.C6H14Cl2Si/c1-18(16,17)15-10-6-9-14(11-12-15)13-7-4-2-3-5-8-13;1-3-4-5-6-9(2,7)8/h7,9,15H,2-6,8,10-12H2,1H3;3-6H2,1-2H3. The summed E-state index contributed by atoms with van der Waals surface area (Å²) in [6, 6.07) is 1.05. The SMILES string of the molecule is CCCCC[Si](C)(Cl)Cl.C[Si](Cl)(Cl)C1CCC=C(C2=CCCCCC2)CC1. The molecule has 0 N–H and O–H groups in total. The maximum atomic E-state index is 6.41. The molecule has 6 heteroatoms. The van der Waals surface area contributed by atoms with Crippen LogP contribution in [0.5, 0.6) is 0 Å². The predicted molar refractivity (Wildman–Crippen MR) is 132 cm³/mol. The number of hydrogen-bond acceptors (Lipinski definition) is 0. The summed E-state index contributed by atoms with van der Waals surface area (Å²) in [7, 11) is 0. The second-order valence-corrected chi connectivity index (χ2v) is 24.6. The number of unbranched alkanes of at least 4 members (excludes halogenated alkanes) is 2. The van der Waals surface area contributed by atoms with E-state index < -0.39 is 13.4 Å². The molecule has 0 radical (unpaired) electrons. The third-order valence-corrected chi connectivity index (χ3v) is 11.8. The third-order valence-electron chi connectivity index (χ3n) is 5.56. The molecule has 0 saturated heterocycles. The molecule has 0 spiro atoms. The quantitative estimate of drug-likeness (QED) is 0.198. The van der Waals surface area contributed by atoms with Gasteiger partial charge in [-0.15, -0.1) is 44.3 Å². The Kier molecular flexibility index (Phi) is 12.9. The van der Waals surface area contributed by atoms with Crippen LogP contribution in [0.4, 0.5) is 0 Å². The highest BCUT2D eigenvalue weighted by Crippen LogP contribution is 2.41. The first-order valence-corrected chi connectivity index (χ1v) is 20.1. The van der Waals surface area contributed by atoms with Crippen LogP contribution >= 0.6 is 44.3 Å². The van der Waals surface area contributed by atoms with Crippen LogP contribution in [0.3, 0.4) is 0 Å². The second kappa shape index (κ2) is 13.4. The summed E-state index contributed by atoms with van der Waals surface area (Å²) in [5.74, 6) is 0. The molecule has 0 nitrogen and oxygen atoms in total. The van der Waals surface area contributed by atoms with Crippen LogP contribution in [0, 0.1) is 0 Å². The summed E-state index contributed by atoms with van der Waals surface area (Å²) in [4.78, 5) is 0. The van der Waals surface area contributed by atoms with Gasteiger partial charge in [-0.3, -0.25) is 0 Å². The van der Waals surface area contributed by atoms with Crippen molar-refractivity contribution in [1.29, 1.82) is 0 Å². The molecule has 0 heterocycles. The first kappa shape index (κ1) is 26.1. The van der Waals surface area contributed by atoms with Crippen LogP contribution < -0.4 is 0 Å². The van der Waals surface area contributed by atoms with E-state index in [1.54, 1.807) is 11.1 Å². The zero-order chi connectivity index (χ0) is 20.3. The molecular weight excluding hydrogens is 450 g/mol. The molecule has 0 amide bonds. The van der Waals surface area contributed by atoms with Crippen LogP contribution in [-0.4, -0.2) is 13.4 Å². The summed E-state index contributed by atoms with van der Waals surface area (Å²) in [6.07, 6.45) is 20.1. The van der Waals surface area contributed by atoms with Gasteiger partial charge in [0.1, 0.15) is 0 Å². The highest BCUT2D eigenvalue weighted by atomic mass is 35.7. The topological polar surface area (TPSA) is 0 Å². The zero-order valence-corrected chi connectivity index (χ0v) is 22.5. The molecule has 2 rings (SSSR count). The van der Waals surface area contributed by atoms with Gasteiger partial charge in [-0.25, -0.2) is 0 Å². The molecule has 1 unspecified atom stereocenters. The van der Waals surface area contributed by atoms with Crippen molar-refractivity contribution in [3.05, 3.63) is 23.3 Å². The lowest BCUT2D eigenvalue weighted by Gasteiger charge is -2.22. The van der Waals surface area contributed by atoms with Gasteiger partial charge in [0, 0.05) is 0 Å². The summed E-state index contributed by atoms with van der Waals surface area (Å²) in [5.41, 5.74) is 3.80. The van der Waals surface area contributed by atoms with Crippen molar-refractivity contribution >= 4 is 57.7 Å². The fourth-order valence-corrected chi connectivity index (χ4v) is 8.13. The molecule has 0 fully saturated rings. The predicted octanol–water partition coefficient (Wildman–Crippen LogP) is 10.0. The number of halogens is 4. The summed E-state index contributed by atoms with van der Waals surface area (Å²) >= 11 is 24.6. The van der Waals surface area contributed by atoms with E-state index in [-0.39, 0.29) is 0 Å². The van der Waals surface area contributed by atoms with Gasteiger partial charge in [0.15, 0.2) is 0 Å². The van der Waals surface area contributed by atoms with Gasteiger partial charge in [0.05, 0.1) is 0 Å². The van der Waals surface area contributed by atoms with Gasteiger partial charge in [0.2, 0.25) is 6.69 Å². The highest BCUT2D eigenvalue weighted by molar-refractivity contribution is 7.45. The van der Waals surface area contributed by atoms with E-state index in [1.165, 1.54) is 77.0 Å². The lowest BCUT2D eigenvalue weighted by Crippen LogP contribution is -2.22. The Balaban J connectivity index is 0.000000345. The van der Waals surface area contributed by atoms with Crippen molar-refractivity contribution in [1.82, 2.24) is 0 Å². The van der Waals surface area contributed by atoms with Gasteiger partial charge < -0.3 is 0 Å². The van der Waals surface area contributed by atoms with Crippen molar-refractivity contribution in [2.75, 3.05) is 0 Å². The average molecular weight is 489 g/mol. The number of hydrogen-bond donors (Lipinski definition) is 0. The Morgan fingerprint density at radius 2 is 1.52 bits per heavy atom. The van der Waals surface area contributed by atoms with Gasteiger partial charge in [-0.05, 0) is 87.2 Å². The van der Waals surface area contributed by atoms with Crippen LogP contribution in [0.2, 0.25) is 24.7 Å².